The van der Waals surface area contributed by atoms with Crippen molar-refractivity contribution in [1.29, 1.82) is 0 Å². The number of hydrogen-bond donors (Lipinski definition) is 12. The van der Waals surface area contributed by atoms with Gasteiger partial charge < -0.3 is 81.9 Å². The maximum absolute atomic E-state index is 14.5. The Bertz CT molecular complexity index is 2050. The van der Waals surface area contributed by atoms with Gasteiger partial charge in [0.1, 0.15) is 42.2 Å². The molecule has 1 fully saturated rings. The molecule has 1 saturated heterocycles. The number of methoxy groups -OCH3 is 1. The van der Waals surface area contributed by atoms with E-state index in [1.807, 2.05) is 24.3 Å². The van der Waals surface area contributed by atoms with Gasteiger partial charge in [-0.05, 0) is 48.8 Å². The van der Waals surface area contributed by atoms with Crippen LogP contribution in [0.4, 0.5) is 18.0 Å². The number of benzene rings is 1. The number of aliphatic carboxylic acids is 3. The summed E-state index contributed by atoms with van der Waals surface area (Å²) in [5.41, 5.74) is 11.3. The molecule has 27 heteroatoms. The number of imidazole rings is 1. The number of primary amides is 1. The summed E-state index contributed by atoms with van der Waals surface area (Å²) < 4.78 is 53.0. The van der Waals surface area contributed by atoms with Crippen LogP contribution in [-0.4, -0.2) is 145 Å². The second-order valence-corrected chi connectivity index (χ2v) is 15.9. The number of hydrogen-bond acceptors (Lipinski definition) is 15. The highest BCUT2D eigenvalue weighted by Gasteiger charge is 2.52. The first kappa shape index (κ1) is 57.8. The summed E-state index contributed by atoms with van der Waals surface area (Å²) in [5, 5.41) is 56.3. The normalized spacial score (nSPS) is 21.1. The zero-order valence-electron chi connectivity index (χ0n) is 37.7. The van der Waals surface area contributed by atoms with E-state index >= 15 is 0 Å². The lowest BCUT2D eigenvalue weighted by Gasteiger charge is -2.41. The number of halogens is 3. The fourth-order valence-corrected chi connectivity index (χ4v) is 6.64. The Morgan fingerprint density at radius 1 is 0.868 bits per heavy atom. The van der Waals surface area contributed by atoms with Gasteiger partial charge in [0.25, 0.3) is 0 Å². The average Bonchev–Trinajstić information content (AvgIpc) is 3.71. The third-order valence-electron chi connectivity index (χ3n) is 10.8. The summed E-state index contributed by atoms with van der Waals surface area (Å²) in [6.45, 7) is 6.72. The van der Waals surface area contributed by atoms with Gasteiger partial charge in [0.05, 0.1) is 12.8 Å². The van der Waals surface area contributed by atoms with E-state index in [2.05, 4.69) is 25.9 Å². The molecule has 2 heterocycles. The maximum Gasteiger partial charge on any atom is 0.490 e. The fourth-order valence-electron chi connectivity index (χ4n) is 6.64. The van der Waals surface area contributed by atoms with Crippen LogP contribution in [0.15, 0.2) is 35.3 Å². The molecular weight excluding hydrogens is 919 g/mol. The lowest BCUT2D eigenvalue weighted by atomic mass is 9.94. The third kappa shape index (κ3) is 17.7. The number of unbranched alkanes of at least 4 members (excludes halogenated alkanes) is 1. The second-order valence-electron chi connectivity index (χ2n) is 15.9. The van der Waals surface area contributed by atoms with Gasteiger partial charge >= 0.3 is 35.9 Å². The molecule has 4 amide bonds. The Hall–Kier alpha value is -6.29. The van der Waals surface area contributed by atoms with Crippen molar-refractivity contribution in [1.82, 2.24) is 25.9 Å². The van der Waals surface area contributed by atoms with E-state index in [-0.39, 0.29) is 18.2 Å². The Morgan fingerprint density at radius 2 is 1.43 bits per heavy atom. The molecule has 1 aliphatic rings. The molecule has 3 rings (SSSR count). The van der Waals surface area contributed by atoms with Gasteiger partial charge in [0.15, 0.2) is 18.5 Å². The van der Waals surface area contributed by atoms with Gasteiger partial charge in [0.2, 0.25) is 17.7 Å². The zero-order chi connectivity index (χ0) is 51.6. The SMILES string of the molecule is CC[C@@H](C)[C@@H](NC(=O)[C@@H](NC(=O)[C@H](NC(=O)CCCCC(N)Cc1ccc(OC)cc1)[C@@H](O[C@@H]1O[C@@H](C(=O)O)[C@@H](OC(N)=O)[C@H](O)[C@H]1O)c1c[nH]c(=O)[nH]1)[C@@H](C)CC)C(=O)O.O=C(O)C(F)(F)F. The topological polar surface area (TPSA) is 394 Å². The smallest absolute Gasteiger partial charge is 0.490 e. The molecule has 0 aliphatic carbocycles. The summed E-state index contributed by atoms with van der Waals surface area (Å²) in [6, 6.07) is 2.58. The van der Waals surface area contributed by atoms with Crippen LogP contribution in [0.5, 0.6) is 5.75 Å². The first-order valence-electron chi connectivity index (χ1n) is 21.2. The Balaban J connectivity index is 0.00000209. The molecular formula is C41H60F3N7O17. The lowest BCUT2D eigenvalue weighted by Crippen LogP contribution is -2.63. The summed E-state index contributed by atoms with van der Waals surface area (Å²) in [4.78, 5) is 104. The molecule has 2 aromatic rings. The van der Waals surface area contributed by atoms with Crippen LogP contribution in [0.1, 0.15) is 83.6 Å². The monoisotopic (exact) mass is 979 g/mol. The average molecular weight is 980 g/mol. The quantitative estimate of drug-likeness (QED) is 0.0623. The number of nitrogens with one attached hydrogen (secondary N) is 5. The number of aliphatic hydroxyl groups excluding tert-OH is 2. The second kappa shape index (κ2) is 26.9. The van der Waals surface area contributed by atoms with Gasteiger partial charge in [-0.1, -0.05) is 59.1 Å². The number of amides is 4. The van der Waals surface area contributed by atoms with Crippen LogP contribution in [0.25, 0.3) is 0 Å². The number of carboxylic acids is 3. The largest absolute Gasteiger partial charge is 0.497 e. The summed E-state index contributed by atoms with van der Waals surface area (Å²) >= 11 is 0. The van der Waals surface area contributed by atoms with E-state index in [4.69, 9.17) is 40.3 Å². The van der Waals surface area contributed by atoms with Crippen LogP contribution in [-0.2, 0) is 49.4 Å². The van der Waals surface area contributed by atoms with Crippen molar-refractivity contribution in [3.05, 3.63) is 52.2 Å². The number of aromatic nitrogens is 2. The molecule has 382 valence electrons. The van der Waals surface area contributed by atoms with Crippen molar-refractivity contribution >= 4 is 41.7 Å². The number of H-pyrrole nitrogens is 2. The molecule has 1 aromatic carbocycles. The number of nitrogens with two attached hydrogens (primary N) is 2. The minimum atomic E-state index is -5.08. The first-order valence-corrected chi connectivity index (χ1v) is 21.2. The van der Waals surface area contributed by atoms with Crippen molar-refractivity contribution in [2.45, 2.75) is 140 Å². The number of carbonyl (C=O) groups is 7. The summed E-state index contributed by atoms with van der Waals surface area (Å²) in [5.74, 6) is -8.90. The standard InChI is InChI=1S/C39H59N7O15.C2HF3O2/c1-6-18(3)25(33(50)46-26(35(52)53)19(4)7-2)45-34(51)27(44-24(47)11-9-8-10-21(40)16-20-12-14-22(58-5)15-13-20)30(23-17-42-39(57)43-23)59-37-29(49)28(48)31(61-38(41)56)32(60-37)36(54)55;3-2(4,5)1(6)7/h12-15,17-19,21,25-32,37,48-49H,6-11,16,40H2,1-5H3,(H2,41,56)(H,44,47)(H,45,51)(H,46,50)(H,52,53)(H,54,55)(H2,42,43,57);(H,6,7)/t18-,19+,21?,25-,26+,27+,28+,29+,30-,31-,32+,37+;/m0./s1. The van der Waals surface area contributed by atoms with Crippen LogP contribution < -0.4 is 37.8 Å². The number of alkyl halides is 3. The van der Waals surface area contributed by atoms with Gasteiger partial charge in [-0.2, -0.15) is 13.2 Å². The van der Waals surface area contributed by atoms with E-state index in [1.54, 1.807) is 34.8 Å². The summed E-state index contributed by atoms with van der Waals surface area (Å²) in [7, 11) is 1.56. The highest BCUT2D eigenvalue weighted by molar-refractivity contribution is 5.94. The maximum atomic E-state index is 14.5. The molecule has 1 unspecified atom stereocenters. The fraction of sp³-hybridized carbons (Fsp3) is 0.610. The predicted molar refractivity (Wildman–Crippen MR) is 227 cm³/mol. The van der Waals surface area contributed by atoms with Crippen molar-refractivity contribution in [2.24, 2.45) is 23.3 Å². The van der Waals surface area contributed by atoms with Crippen molar-refractivity contribution in [3.8, 4) is 5.75 Å². The molecule has 0 spiro atoms. The molecule has 12 atom stereocenters. The number of aliphatic hydroxyl groups is 2. The van der Waals surface area contributed by atoms with Crippen molar-refractivity contribution in [3.63, 3.8) is 0 Å². The van der Waals surface area contributed by atoms with E-state index in [0.717, 1.165) is 11.8 Å². The van der Waals surface area contributed by atoms with Crippen LogP contribution in [0, 0.1) is 11.8 Å². The Morgan fingerprint density at radius 3 is 1.91 bits per heavy atom. The van der Waals surface area contributed by atoms with Crippen LogP contribution >= 0.6 is 0 Å². The lowest BCUT2D eigenvalue weighted by molar-refractivity contribution is -0.306. The van der Waals surface area contributed by atoms with E-state index in [0.29, 0.717) is 44.3 Å². The first-order chi connectivity index (χ1) is 31.7. The van der Waals surface area contributed by atoms with Gasteiger partial charge in [0, 0.05) is 18.7 Å². The number of rotatable bonds is 24. The third-order valence-corrected chi connectivity index (χ3v) is 10.8. The minimum Gasteiger partial charge on any atom is -0.497 e. The molecule has 0 radical (unpaired) electrons. The van der Waals surface area contributed by atoms with Crippen molar-refractivity contribution in [2.75, 3.05) is 7.11 Å². The van der Waals surface area contributed by atoms with E-state index in [1.165, 1.54) is 0 Å². The Kier molecular flexibility index (Phi) is 22.9. The van der Waals surface area contributed by atoms with Crippen molar-refractivity contribution < 1.29 is 91.2 Å². The number of carboxylic acid groups (broad SMARTS) is 3. The number of aromatic amines is 2. The highest BCUT2D eigenvalue weighted by Crippen LogP contribution is 2.31. The molecule has 1 aliphatic heterocycles. The van der Waals surface area contributed by atoms with Crippen LogP contribution in [0.3, 0.4) is 0 Å². The van der Waals surface area contributed by atoms with Gasteiger partial charge in [-0.25, -0.2) is 24.0 Å². The molecule has 0 saturated carbocycles. The predicted octanol–water partition coefficient (Wildman–Crippen LogP) is 0.159. The number of ether oxygens (including phenoxy) is 4. The van der Waals surface area contributed by atoms with E-state index < -0.39 is 120 Å². The summed E-state index contributed by atoms with van der Waals surface area (Å²) in [6.07, 6.45) is -15.6. The molecule has 1 aromatic heterocycles. The molecule has 24 nitrogen and oxygen atoms in total. The Labute approximate surface area is 386 Å². The zero-order valence-corrected chi connectivity index (χ0v) is 37.7. The van der Waals surface area contributed by atoms with E-state index in [9.17, 15) is 67.2 Å². The van der Waals surface area contributed by atoms with Gasteiger partial charge in [-0.3, -0.25) is 14.4 Å². The minimum absolute atomic E-state index is 0.158. The molecule has 14 N–H and O–H groups in total. The highest BCUT2D eigenvalue weighted by atomic mass is 19.4. The molecule has 0 bridgehead atoms. The number of carbonyl (C=O) groups excluding carboxylic acids is 4. The molecule has 68 heavy (non-hydrogen) atoms. The van der Waals surface area contributed by atoms with Crippen LogP contribution in [0.2, 0.25) is 0 Å². The van der Waals surface area contributed by atoms with Gasteiger partial charge in [-0.15, -0.1) is 0 Å².